The molecular formula is C17H24O. The van der Waals surface area contributed by atoms with Crippen LogP contribution in [0.1, 0.15) is 45.2 Å². The average molecular weight is 244 g/mol. The van der Waals surface area contributed by atoms with Gasteiger partial charge >= 0.3 is 0 Å². The molecule has 1 nitrogen and oxygen atoms in total. The molecule has 0 bridgehead atoms. The minimum Gasteiger partial charge on any atom is -0.298 e. The van der Waals surface area contributed by atoms with Crippen LogP contribution < -0.4 is 0 Å². The Morgan fingerprint density at radius 1 is 1.28 bits per heavy atom. The Morgan fingerprint density at radius 2 is 1.89 bits per heavy atom. The van der Waals surface area contributed by atoms with Crippen LogP contribution in [0.15, 0.2) is 42.0 Å². The molecule has 0 aromatic heterocycles. The lowest BCUT2D eigenvalue weighted by molar-refractivity contribution is -0.104. The van der Waals surface area contributed by atoms with E-state index >= 15 is 0 Å². The molecule has 0 saturated carbocycles. The molecule has 0 atom stereocenters. The van der Waals surface area contributed by atoms with Gasteiger partial charge in [-0.25, -0.2) is 0 Å². The predicted octanol–water partition coefficient (Wildman–Crippen LogP) is 4.96. The van der Waals surface area contributed by atoms with Crippen molar-refractivity contribution in [1.82, 2.24) is 0 Å². The minimum atomic E-state index is 0.868. The summed E-state index contributed by atoms with van der Waals surface area (Å²) < 4.78 is 0. The second kappa shape index (κ2) is 8.46. The van der Waals surface area contributed by atoms with E-state index in [1.54, 1.807) is 0 Å². The number of carbonyl (C=O) groups is 1. The Morgan fingerprint density at radius 3 is 2.17 bits per heavy atom. The zero-order valence-corrected chi connectivity index (χ0v) is 12.2. The predicted molar refractivity (Wildman–Crippen MR) is 80.6 cm³/mol. The molecule has 18 heavy (non-hydrogen) atoms. The van der Waals surface area contributed by atoms with Gasteiger partial charge in [0, 0.05) is 0 Å². The molecule has 0 aliphatic heterocycles. The van der Waals surface area contributed by atoms with E-state index in [1.165, 1.54) is 16.7 Å². The van der Waals surface area contributed by atoms with Gasteiger partial charge in [0.1, 0.15) is 6.29 Å². The summed E-state index contributed by atoms with van der Waals surface area (Å²) in [7, 11) is 0. The Labute approximate surface area is 111 Å². The van der Waals surface area contributed by atoms with Gasteiger partial charge in [0.25, 0.3) is 0 Å². The first-order chi connectivity index (χ1) is 8.42. The minimum absolute atomic E-state index is 0.868. The SMILES string of the molecule is C=C(C)c1cccc(C)c1.CC/C(C)=C(/C)C=O. The second-order valence-corrected chi connectivity index (χ2v) is 4.58. The van der Waals surface area contributed by atoms with Crippen LogP contribution in [0.2, 0.25) is 0 Å². The van der Waals surface area contributed by atoms with Gasteiger partial charge in [-0.3, -0.25) is 4.79 Å². The van der Waals surface area contributed by atoms with E-state index in [2.05, 4.69) is 37.8 Å². The van der Waals surface area contributed by atoms with Gasteiger partial charge in [-0.1, -0.05) is 54.5 Å². The topological polar surface area (TPSA) is 17.1 Å². The number of benzene rings is 1. The van der Waals surface area contributed by atoms with Crippen molar-refractivity contribution in [3.05, 3.63) is 53.1 Å². The molecule has 1 heteroatoms. The molecule has 0 aliphatic rings. The molecule has 98 valence electrons. The summed E-state index contributed by atoms with van der Waals surface area (Å²) in [6, 6.07) is 8.36. The molecule has 0 spiro atoms. The summed E-state index contributed by atoms with van der Waals surface area (Å²) in [6.07, 6.45) is 1.88. The van der Waals surface area contributed by atoms with E-state index in [4.69, 9.17) is 0 Å². The first kappa shape index (κ1) is 16.4. The lowest BCUT2D eigenvalue weighted by Gasteiger charge is -1.98. The van der Waals surface area contributed by atoms with Gasteiger partial charge in [0.2, 0.25) is 0 Å². The maximum absolute atomic E-state index is 10.0. The molecule has 0 amide bonds. The highest BCUT2D eigenvalue weighted by atomic mass is 16.1. The number of hydrogen-bond acceptors (Lipinski definition) is 1. The summed E-state index contributed by atoms with van der Waals surface area (Å²) in [6.45, 7) is 13.8. The fourth-order valence-electron chi connectivity index (χ4n) is 1.29. The van der Waals surface area contributed by atoms with Gasteiger partial charge in [-0.2, -0.15) is 0 Å². The Kier molecular flexibility index (Phi) is 7.69. The molecule has 0 heterocycles. The van der Waals surface area contributed by atoms with Crippen LogP contribution in [-0.4, -0.2) is 6.29 Å². The molecule has 1 aromatic carbocycles. The van der Waals surface area contributed by atoms with E-state index < -0.39 is 0 Å². The van der Waals surface area contributed by atoms with Crippen molar-refractivity contribution in [2.75, 3.05) is 0 Å². The van der Waals surface area contributed by atoms with E-state index in [0.717, 1.165) is 23.9 Å². The fourth-order valence-corrected chi connectivity index (χ4v) is 1.29. The number of rotatable bonds is 3. The molecule has 0 N–H and O–H groups in total. The van der Waals surface area contributed by atoms with Gasteiger partial charge in [-0.15, -0.1) is 0 Å². The normalized spacial score (nSPS) is 10.9. The lowest BCUT2D eigenvalue weighted by atomic mass is 10.1. The summed E-state index contributed by atoms with van der Waals surface area (Å²) in [4.78, 5) is 10.0. The van der Waals surface area contributed by atoms with Crippen molar-refractivity contribution < 1.29 is 4.79 Å². The van der Waals surface area contributed by atoms with Crippen molar-refractivity contribution in [3.63, 3.8) is 0 Å². The maximum atomic E-state index is 10.0. The first-order valence-electron chi connectivity index (χ1n) is 6.26. The molecule has 0 fully saturated rings. The average Bonchev–Trinajstić information content (AvgIpc) is 2.37. The van der Waals surface area contributed by atoms with Gasteiger partial charge < -0.3 is 0 Å². The zero-order valence-electron chi connectivity index (χ0n) is 12.2. The second-order valence-electron chi connectivity index (χ2n) is 4.58. The van der Waals surface area contributed by atoms with Gasteiger partial charge in [-0.05, 0) is 45.3 Å². The molecule has 0 aliphatic carbocycles. The van der Waals surface area contributed by atoms with E-state index in [1.807, 2.05) is 27.7 Å². The zero-order chi connectivity index (χ0) is 14.1. The third kappa shape index (κ3) is 6.19. The van der Waals surface area contributed by atoms with E-state index in [0.29, 0.717) is 0 Å². The monoisotopic (exact) mass is 244 g/mol. The smallest absolute Gasteiger partial charge is 0.145 e. The molecular weight excluding hydrogens is 220 g/mol. The fraction of sp³-hybridized carbons (Fsp3) is 0.353. The summed E-state index contributed by atoms with van der Waals surface area (Å²) in [5.41, 5.74) is 5.71. The molecule has 0 radical (unpaired) electrons. The van der Waals surface area contributed by atoms with Crippen LogP contribution in [-0.2, 0) is 4.79 Å². The number of allylic oxidation sites excluding steroid dienone is 3. The van der Waals surface area contributed by atoms with Crippen molar-refractivity contribution in [3.8, 4) is 0 Å². The largest absolute Gasteiger partial charge is 0.298 e. The van der Waals surface area contributed by atoms with Crippen LogP contribution in [0.3, 0.4) is 0 Å². The lowest BCUT2D eigenvalue weighted by Crippen LogP contribution is -1.81. The third-order valence-corrected chi connectivity index (χ3v) is 2.89. The van der Waals surface area contributed by atoms with Crippen LogP contribution in [0.25, 0.3) is 5.57 Å². The van der Waals surface area contributed by atoms with Gasteiger partial charge in [0.05, 0.1) is 0 Å². The quantitative estimate of drug-likeness (QED) is 0.542. The molecule has 1 aromatic rings. The third-order valence-electron chi connectivity index (χ3n) is 2.89. The highest BCUT2D eigenvalue weighted by Gasteiger charge is 1.90. The highest BCUT2D eigenvalue weighted by Crippen LogP contribution is 2.11. The molecule has 0 saturated heterocycles. The molecule has 0 unspecified atom stereocenters. The van der Waals surface area contributed by atoms with Crippen LogP contribution >= 0.6 is 0 Å². The summed E-state index contributed by atoms with van der Waals surface area (Å²) in [5, 5.41) is 0. The standard InChI is InChI=1S/C10H12.C7H12O/c1-8(2)10-6-4-5-9(3)7-10;1-4-6(2)7(3)5-8/h4-7H,1H2,2-3H3;5H,4H2,1-3H3/b;7-6-. The Bertz CT molecular complexity index is 439. The number of hydrogen-bond donors (Lipinski definition) is 0. The Balaban J connectivity index is 0.000000331. The van der Waals surface area contributed by atoms with Crippen LogP contribution in [0.5, 0.6) is 0 Å². The van der Waals surface area contributed by atoms with E-state index in [9.17, 15) is 4.79 Å². The highest BCUT2D eigenvalue weighted by molar-refractivity contribution is 5.73. The van der Waals surface area contributed by atoms with Crippen molar-refractivity contribution >= 4 is 11.9 Å². The van der Waals surface area contributed by atoms with Crippen LogP contribution in [0.4, 0.5) is 0 Å². The number of carbonyl (C=O) groups excluding carboxylic acids is 1. The Hall–Kier alpha value is -1.63. The number of aryl methyl sites for hydroxylation is 1. The van der Waals surface area contributed by atoms with Crippen molar-refractivity contribution in [1.29, 1.82) is 0 Å². The summed E-state index contributed by atoms with van der Waals surface area (Å²) >= 11 is 0. The van der Waals surface area contributed by atoms with E-state index in [-0.39, 0.29) is 0 Å². The maximum Gasteiger partial charge on any atom is 0.145 e. The molecule has 1 rings (SSSR count). The number of aldehydes is 1. The van der Waals surface area contributed by atoms with Crippen LogP contribution in [0, 0.1) is 6.92 Å². The van der Waals surface area contributed by atoms with Crippen molar-refractivity contribution in [2.24, 2.45) is 0 Å². The first-order valence-corrected chi connectivity index (χ1v) is 6.26. The summed E-state index contributed by atoms with van der Waals surface area (Å²) in [5.74, 6) is 0. The van der Waals surface area contributed by atoms with Crippen molar-refractivity contribution in [2.45, 2.75) is 41.0 Å². The van der Waals surface area contributed by atoms with Gasteiger partial charge in [0.15, 0.2) is 0 Å².